The summed E-state index contributed by atoms with van der Waals surface area (Å²) >= 11 is 0. The number of hydrogen-bond donors (Lipinski definition) is 1. The van der Waals surface area contributed by atoms with Gasteiger partial charge in [0, 0.05) is 45.1 Å². The number of aryl methyl sites for hydroxylation is 1. The highest BCUT2D eigenvalue weighted by atomic mass is 16.5. The van der Waals surface area contributed by atoms with Crippen LogP contribution in [0.3, 0.4) is 0 Å². The van der Waals surface area contributed by atoms with Crippen molar-refractivity contribution in [3.8, 4) is 0 Å². The molecule has 0 radical (unpaired) electrons. The molecule has 1 aromatic rings. The van der Waals surface area contributed by atoms with Crippen LogP contribution in [0, 0.1) is 12.3 Å². The molecule has 0 aliphatic heterocycles. The van der Waals surface area contributed by atoms with Crippen molar-refractivity contribution in [2.24, 2.45) is 12.5 Å². The molecular weight excluding hydrogens is 214 g/mol. The van der Waals surface area contributed by atoms with Gasteiger partial charge in [-0.15, -0.1) is 0 Å². The zero-order valence-corrected chi connectivity index (χ0v) is 11.7. The average Bonchev–Trinajstić information content (AvgIpc) is 2.58. The minimum atomic E-state index is 0.270. The van der Waals surface area contributed by atoms with Crippen molar-refractivity contribution >= 4 is 0 Å². The number of nitrogens with one attached hydrogen (secondary N) is 1. The van der Waals surface area contributed by atoms with Crippen LogP contribution in [0.25, 0.3) is 0 Å². The van der Waals surface area contributed by atoms with E-state index in [0.29, 0.717) is 0 Å². The van der Waals surface area contributed by atoms with Gasteiger partial charge in [0.1, 0.15) is 0 Å². The maximum absolute atomic E-state index is 5.12. The zero-order chi connectivity index (χ0) is 12.9. The molecule has 0 atom stereocenters. The second-order valence-electron chi connectivity index (χ2n) is 5.39. The molecule has 0 fully saturated rings. The summed E-state index contributed by atoms with van der Waals surface area (Å²) in [7, 11) is 3.73. The number of methoxy groups -OCH3 is 1. The summed E-state index contributed by atoms with van der Waals surface area (Å²) in [6, 6.07) is 0. The van der Waals surface area contributed by atoms with Gasteiger partial charge in [0.2, 0.25) is 0 Å². The van der Waals surface area contributed by atoms with Crippen molar-refractivity contribution in [3.05, 3.63) is 17.5 Å². The Kier molecular flexibility index (Phi) is 5.15. The van der Waals surface area contributed by atoms with Gasteiger partial charge in [-0.1, -0.05) is 13.8 Å². The van der Waals surface area contributed by atoms with E-state index in [9.17, 15) is 0 Å². The van der Waals surface area contributed by atoms with Gasteiger partial charge in [0.15, 0.2) is 0 Å². The molecule has 0 aliphatic carbocycles. The first-order valence-corrected chi connectivity index (χ1v) is 6.13. The third-order valence-corrected chi connectivity index (χ3v) is 3.24. The molecule has 98 valence electrons. The summed E-state index contributed by atoms with van der Waals surface area (Å²) in [5.41, 5.74) is 2.77. The van der Waals surface area contributed by atoms with E-state index in [1.807, 2.05) is 17.9 Å². The van der Waals surface area contributed by atoms with Crippen molar-refractivity contribution in [1.82, 2.24) is 15.1 Å². The van der Waals surface area contributed by atoms with Crippen LogP contribution >= 0.6 is 0 Å². The first-order valence-electron chi connectivity index (χ1n) is 6.13. The molecule has 1 aromatic heterocycles. The Morgan fingerprint density at radius 2 is 2.18 bits per heavy atom. The fraction of sp³-hybridized carbons (Fsp3) is 0.769. The fourth-order valence-corrected chi connectivity index (χ4v) is 1.72. The van der Waals surface area contributed by atoms with Crippen LogP contribution in [0.5, 0.6) is 0 Å². The molecule has 0 amide bonds. The number of hydrogen-bond acceptors (Lipinski definition) is 3. The Labute approximate surface area is 104 Å². The normalized spacial score (nSPS) is 12.1. The fourth-order valence-electron chi connectivity index (χ4n) is 1.72. The van der Waals surface area contributed by atoms with Crippen molar-refractivity contribution < 1.29 is 4.74 Å². The highest BCUT2D eigenvalue weighted by Gasteiger charge is 2.17. The van der Waals surface area contributed by atoms with Crippen LogP contribution in [0.15, 0.2) is 6.20 Å². The largest absolute Gasteiger partial charge is 0.385 e. The monoisotopic (exact) mass is 239 g/mol. The van der Waals surface area contributed by atoms with Gasteiger partial charge in [-0.25, -0.2) is 0 Å². The third-order valence-electron chi connectivity index (χ3n) is 3.24. The quantitative estimate of drug-likeness (QED) is 0.789. The van der Waals surface area contributed by atoms with E-state index < -0.39 is 0 Å². The van der Waals surface area contributed by atoms with E-state index in [1.54, 1.807) is 7.11 Å². The Morgan fingerprint density at radius 1 is 1.47 bits per heavy atom. The molecule has 1 N–H and O–H groups in total. The van der Waals surface area contributed by atoms with Crippen LogP contribution in [0.4, 0.5) is 0 Å². The van der Waals surface area contributed by atoms with E-state index in [1.165, 1.54) is 11.3 Å². The van der Waals surface area contributed by atoms with Gasteiger partial charge in [0.05, 0.1) is 6.20 Å². The van der Waals surface area contributed by atoms with Crippen LogP contribution in [-0.4, -0.2) is 30.0 Å². The highest BCUT2D eigenvalue weighted by Crippen LogP contribution is 2.19. The zero-order valence-electron chi connectivity index (χ0n) is 11.7. The maximum atomic E-state index is 5.12. The molecule has 0 saturated heterocycles. The Bertz CT molecular complexity index is 344. The third kappa shape index (κ3) is 4.48. The molecule has 1 heterocycles. The number of aromatic nitrogens is 2. The molecule has 1 rings (SSSR count). The molecule has 4 heteroatoms. The lowest BCUT2D eigenvalue weighted by Gasteiger charge is -2.24. The molecule has 0 unspecified atom stereocenters. The minimum Gasteiger partial charge on any atom is -0.385 e. The average molecular weight is 239 g/mol. The standard InChI is InChI=1S/C13H25N3O/c1-11-12(9-15-16(11)4)8-14-10-13(2,3)6-7-17-5/h9,14H,6-8,10H2,1-5H3. The van der Waals surface area contributed by atoms with Gasteiger partial charge in [-0.3, -0.25) is 4.68 Å². The second kappa shape index (κ2) is 6.17. The summed E-state index contributed by atoms with van der Waals surface area (Å²) in [6.45, 7) is 9.31. The summed E-state index contributed by atoms with van der Waals surface area (Å²) in [5.74, 6) is 0. The molecule has 0 aliphatic rings. The van der Waals surface area contributed by atoms with Crippen molar-refractivity contribution in [2.45, 2.75) is 33.7 Å². The van der Waals surface area contributed by atoms with Crippen LogP contribution in [0.2, 0.25) is 0 Å². The lowest BCUT2D eigenvalue weighted by Crippen LogP contribution is -2.30. The van der Waals surface area contributed by atoms with Gasteiger partial charge >= 0.3 is 0 Å². The van der Waals surface area contributed by atoms with E-state index in [4.69, 9.17) is 4.74 Å². The molecule has 0 aromatic carbocycles. The molecule has 0 spiro atoms. The SMILES string of the molecule is COCCC(C)(C)CNCc1cnn(C)c1C. The van der Waals surface area contributed by atoms with Crippen LogP contribution in [-0.2, 0) is 18.3 Å². The smallest absolute Gasteiger partial charge is 0.0537 e. The number of nitrogens with zero attached hydrogens (tertiary/aromatic N) is 2. The molecule has 17 heavy (non-hydrogen) atoms. The van der Waals surface area contributed by atoms with Gasteiger partial charge < -0.3 is 10.1 Å². The predicted octanol–water partition coefficient (Wildman–Crippen LogP) is 1.88. The predicted molar refractivity (Wildman–Crippen MR) is 69.9 cm³/mol. The molecule has 4 nitrogen and oxygen atoms in total. The van der Waals surface area contributed by atoms with Crippen molar-refractivity contribution in [3.63, 3.8) is 0 Å². The van der Waals surface area contributed by atoms with Crippen LogP contribution in [0.1, 0.15) is 31.5 Å². The maximum Gasteiger partial charge on any atom is 0.0537 e. The minimum absolute atomic E-state index is 0.270. The summed E-state index contributed by atoms with van der Waals surface area (Å²) < 4.78 is 7.03. The van der Waals surface area contributed by atoms with Crippen molar-refractivity contribution in [2.75, 3.05) is 20.3 Å². The number of ether oxygens (including phenoxy) is 1. The van der Waals surface area contributed by atoms with Gasteiger partial charge in [0.25, 0.3) is 0 Å². The van der Waals surface area contributed by atoms with Crippen LogP contribution < -0.4 is 5.32 Å². The second-order valence-corrected chi connectivity index (χ2v) is 5.39. The lowest BCUT2D eigenvalue weighted by molar-refractivity contribution is 0.150. The molecule has 0 saturated carbocycles. The Balaban J connectivity index is 2.34. The Hall–Kier alpha value is -0.870. The number of rotatable bonds is 7. The molecule has 0 bridgehead atoms. The summed E-state index contributed by atoms with van der Waals surface area (Å²) in [5, 5.41) is 7.73. The summed E-state index contributed by atoms with van der Waals surface area (Å²) in [4.78, 5) is 0. The topological polar surface area (TPSA) is 39.1 Å². The van der Waals surface area contributed by atoms with Gasteiger partial charge in [-0.2, -0.15) is 5.10 Å². The van der Waals surface area contributed by atoms with E-state index >= 15 is 0 Å². The van der Waals surface area contributed by atoms with E-state index in [0.717, 1.165) is 26.1 Å². The first kappa shape index (κ1) is 14.2. The van der Waals surface area contributed by atoms with Crippen molar-refractivity contribution in [1.29, 1.82) is 0 Å². The lowest BCUT2D eigenvalue weighted by atomic mass is 9.89. The molecular formula is C13H25N3O. The van der Waals surface area contributed by atoms with Gasteiger partial charge in [-0.05, 0) is 18.8 Å². The first-order chi connectivity index (χ1) is 7.96. The van der Waals surface area contributed by atoms with E-state index in [2.05, 4.69) is 31.2 Å². The van der Waals surface area contributed by atoms with E-state index in [-0.39, 0.29) is 5.41 Å². The summed E-state index contributed by atoms with van der Waals surface area (Å²) in [6.07, 6.45) is 3.01. The highest BCUT2D eigenvalue weighted by molar-refractivity contribution is 5.15. The Morgan fingerprint density at radius 3 is 2.71 bits per heavy atom.